The fourth-order valence-corrected chi connectivity index (χ4v) is 5.87. The van der Waals surface area contributed by atoms with Crippen LogP contribution in [-0.2, 0) is 26.2 Å². The van der Waals surface area contributed by atoms with Crippen LogP contribution in [0.4, 0.5) is 5.69 Å². The number of amides is 2. The van der Waals surface area contributed by atoms with Crippen LogP contribution in [0, 0.1) is 13.8 Å². The number of sulfonamides is 1. The number of hydrogen-bond acceptors (Lipinski definition) is 5. The summed E-state index contributed by atoms with van der Waals surface area (Å²) in [5, 5.41) is 2.81. The smallest absolute Gasteiger partial charge is 0.264 e. The van der Waals surface area contributed by atoms with E-state index in [0.29, 0.717) is 24.4 Å². The zero-order valence-corrected chi connectivity index (χ0v) is 24.0. The highest BCUT2D eigenvalue weighted by atomic mass is 32.2. The van der Waals surface area contributed by atoms with Crippen molar-refractivity contribution in [3.05, 3.63) is 89.5 Å². The highest BCUT2D eigenvalue weighted by Crippen LogP contribution is 2.29. The first kappa shape index (κ1) is 29.7. The number of likely N-dealkylation sites (N-methyl/N-ethyl adjacent to an activating group) is 1. The molecule has 0 radical (unpaired) electrons. The molecule has 1 atom stereocenters. The lowest BCUT2D eigenvalue weighted by molar-refractivity contribution is -0.140. The second kappa shape index (κ2) is 13.3. The van der Waals surface area contributed by atoms with Crippen molar-refractivity contribution in [3.8, 4) is 5.75 Å². The predicted octanol–water partition coefficient (Wildman–Crippen LogP) is 4.45. The quantitative estimate of drug-likeness (QED) is 0.359. The molecule has 0 heterocycles. The largest absolute Gasteiger partial charge is 0.497 e. The van der Waals surface area contributed by atoms with E-state index in [0.717, 1.165) is 21.0 Å². The second-order valence-corrected chi connectivity index (χ2v) is 11.1. The van der Waals surface area contributed by atoms with Gasteiger partial charge >= 0.3 is 0 Å². The summed E-state index contributed by atoms with van der Waals surface area (Å²) in [5.74, 6) is -0.0992. The van der Waals surface area contributed by atoms with Gasteiger partial charge in [0, 0.05) is 13.1 Å². The molecule has 1 N–H and O–H groups in total. The summed E-state index contributed by atoms with van der Waals surface area (Å²) in [6.45, 7) is 7.45. The van der Waals surface area contributed by atoms with Gasteiger partial charge in [0.25, 0.3) is 10.0 Å². The van der Waals surface area contributed by atoms with Crippen LogP contribution in [0.2, 0.25) is 0 Å². The van der Waals surface area contributed by atoms with E-state index < -0.39 is 28.5 Å². The lowest BCUT2D eigenvalue weighted by atomic mass is 10.1. The Balaban J connectivity index is 2.08. The van der Waals surface area contributed by atoms with E-state index >= 15 is 0 Å². The summed E-state index contributed by atoms with van der Waals surface area (Å²) >= 11 is 0. The van der Waals surface area contributed by atoms with Crippen LogP contribution in [0.3, 0.4) is 0 Å². The van der Waals surface area contributed by atoms with Crippen molar-refractivity contribution in [1.29, 1.82) is 0 Å². The van der Waals surface area contributed by atoms with Gasteiger partial charge in [-0.05, 0) is 74.2 Å². The third-order valence-electron chi connectivity index (χ3n) is 6.70. The van der Waals surface area contributed by atoms with Crippen molar-refractivity contribution in [2.75, 3.05) is 24.5 Å². The Morgan fingerprint density at radius 2 is 1.59 bits per heavy atom. The van der Waals surface area contributed by atoms with Gasteiger partial charge in [-0.3, -0.25) is 13.9 Å². The number of nitrogens with one attached hydrogen (secondary N) is 1. The van der Waals surface area contributed by atoms with Gasteiger partial charge in [-0.2, -0.15) is 0 Å². The van der Waals surface area contributed by atoms with E-state index in [-0.39, 0.29) is 17.3 Å². The van der Waals surface area contributed by atoms with Gasteiger partial charge in [-0.15, -0.1) is 0 Å². The fourth-order valence-electron chi connectivity index (χ4n) is 4.38. The van der Waals surface area contributed by atoms with E-state index in [2.05, 4.69) is 5.32 Å². The molecule has 0 unspecified atom stereocenters. The molecule has 0 spiro atoms. The molecule has 8 nitrogen and oxygen atoms in total. The first-order valence-corrected chi connectivity index (χ1v) is 14.4. The molecular weight excluding hydrogens is 514 g/mol. The maximum absolute atomic E-state index is 14.1. The van der Waals surface area contributed by atoms with E-state index in [1.165, 1.54) is 17.0 Å². The topological polar surface area (TPSA) is 96.0 Å². The average Bonchev–Trinajstić information content (AvgIpc) is 2.94. The van der Waals surface area contributed by atoms with Gasteiger partial charge in [-0.25, -0.2) is 8.42 Å². The van der Waals surface area contributed by atoms with Crippen LogP contribution in [0.25, 0.3) is 0 Å². The Hall–Kier alpha value is -3.85. The molecule has 3 aromatic carbocycles. The molecule has 0 aliphatic rings. The molecule has 3 aromatic rings. The van der Waals surface area contributed by atoms with Crippen LogP contribution in [0.1, 0.15) is 37.0 Å². The van der Waals surface area contributed by atoms with E-state index in [4.69, 9.17) is 4.74 Å². The molecule has 0 aliphatic carbocycles. The normalized spacial score (nSPS) is 11.9. The highest BCUT2D eigenvalue weighted by Gasteiger charge is 2.34. The minimum atomic E-state index is -4.10. The summed E-state index contributed by atoms with van der Waals surface area (Å²) in [5.41, 5.74) is 2.86. The summed E-state index contributed by atoms with van der Waals surface area (Å²) < 4.78 is 34.2. The van der Waals surface area contributed by atoms with E-state index in [1.807, 2.05) is 45.9 Å². The monoisotopic (exact) mass is 551 g/mol. The zero-order chi connectivity index (χ0) is 28.6. The molecular formula is C30H37N3O5S. The van der Waals surface area contributed by atoms with Crippen molar-refractivity contribution in [1.82, 2.24) is 10.2 Å². The second-order valence-electron chi connectivity index (χ2n) is 9.23. The molecule has 208 valence electrons. The van der Waals surface area contributed by atoms with Gasteiger partial charge in [0.1, 0.15) is 18.3 Å². The summed E-state index contributed by atoms with van der Waals surface area (Å²) in [6, 6.07) is 19.9. The van der Waals surface area contributed by atoms with Crippen molar-refractivity contribution in [3.63, 3.8) is 0 Å². The molecule has 39 heavy (non-hydrogen) atoms. The van der Waals surface area contributed by atoms with Crippen molar-refractivity contribution in [2.24, 2.45) is 0 Å². The van der Waals surface area contributed by atoms with Crippen molar-refractivity contribution in [2.45, 2.75) is 51.6 Å². The minimum Gasteiger partial charge on any atom is -0.497 e. The molecule has 0 aliphatic heterocycles. The predicted molar refractivity (Wildman–Crippen MR) is 153 cm³/mol. The third-order valence-corrected chi connectivity index (χ3v) is 8.48. The molecule has 0 saturated heterocycles. The number of carbonyl (C=O) groups excluding carboxylic acids is 2. The zero-order valence-electron chi connectivity index (χ0n) is 23.2. The lowest BCUT2D eigenvalue weighted by Gasteiger charge is -2.33. The molecule has 9 heteroatoms. The maximum atomic E-state index is 14.1. The molecule has 0 saturated carbocycles. The Kier molecular flexibility index (Phi) is 10.1. The van der Waals surface area contributed by atoms with Gasteiger partial charge in [0.2, 0.25) is 11.8 Å². The fraction of sp³-hybridized carbons (Fsp3) is 0.333. The number of hydrogen-bond donors (Lipinski definition) is 1. The number of methoxy groups -OCH3 is 1. The Morgan fingerprint density at radius 3 is 2.18 bits per heavy atom. The number of nitrogens with zero attached hydrogens (tertiary/aromatic N) is 2. The highest BCUT2D eigenvalue weighted by molar-refractivity contribution is 7.92. The number of aryl methyl sites for hydroxylation is 1. The van der Waals surface area contributed by atoms with E-state index in [9.17, 15) is 18.0 Å². The van der Waals surface area contributed by atoms with Gasteiger partial charge in [0.15, 0.2) is 0 Å². The Morgan fingerprint density at radius 1 is 0.923 bits per heavy atom. The number of benzene rings is 3. The molecule has 0 aromatic heterocycles. The summed E-state index contributed by atoms with van der Waals surface area (Å²) in [4.78, 5) is 28.6. The maximum Gasteiger partial charge on any atom is 0.264 e. The number of ether oxygens (including phenoxy) is 1. The standard InChI is InChI=1S/C30H37N3O5S/c1-6-27(30(35)31-7-2)32(20-24-16-18-25(38-5)19-17-24)29(34)21-33(28-15-11-12-22(3)23(28)4)39(36,37)26-13-9-8-10-14-26/h8-19,27H,6-7,20-21H2,1-5H3,(H,31,35)/t27-/m0/s1. The Bertz CT molecular complexity index is 1380. The Labute approximate surface area is 231 Å². The van der Waals surface area contributed by atoms with Crippen molar-refractivity contribution >= 4 is 27.5 Å². The van der Waals surface area contributed by atoms with Crippen molar-refractivity contribution < 1.29 is 22.7 Å². The molecule has 0 fully saturated rings. The third kappa shape index (κ3) is 6.97. The average molecular weight is 552 g/mol. The lowest BCUT2D eigenvalue weighted by Crippen LogP contribution is -2.52. The van der Waals surface area contributed by atoms with Crippen LogP contribution >= 0.6 is 0 Å². The summed E-state index contributed by atoms with van der Waals surface area (Å²) in [6.07, 6.45) is 0.364. The first-order valence-electron chi connectivity index (χ1n) is 13.0. The molecule has 0 bridgehead atoms. The molecule has 3 rings (SSSR count). The number of rotatable bonds is 12. The van der Waals surface area contributed by atoms with Crippen LogP contribution in [0.15, 0.2) is 77.7 Å². The van der Waals surface area contributed by atoms with Crippen LogP contribution in [-0.4, -0.2) is 51.4 Å². The van der Waals surface area contributed by atoms with E-state index in [1.54, 1.807) is 49.6 Å². The number of carbonyl (C=O) groups is 2. The van der Waals surface area contributed by atoms with Crippen LogP contribution in [0.5, 0.6) is 5.75 Å². The van der Waals surface area contributed by atoms with Crippen LogP contribution < -0.4 is 14.4 Å². The number of anilines is 1. The summed E-state index contributed by atoms with van der Waals surface area (Å²) in [7, 11) is -2.53. The SMILES string of the molecule is CCNC(=O)[C@H](CC)N(Cc1ccc(OC)cc1)C(=O)CN(c1cccc(C)c1C)S(=O)(=O)c1ccccc1. The van der Waals surface area contributed by atoms with Gasteiger partial charge in [-0.1, -0.05) is 49.4 Å². The first-order chi connectivity index (χ1) is 18.6. The minimum absolute atomic E-state index is 0.0798. The van der Waals surface area contributed by atoms with Gasteiger partial charge in [0.05, 0.1) is 17.7 Å². The van der Waals surface area contributed by atoms with Gasteiger partial charge < -0.3 is 15.0 Å². The molecule has 2 amide bonds.